The van der Waals surface area contributed by atoms with Gasteiger partial charge in [0.15, 0.2) is 11.6 Å². The molecule has 0 fully saturated rings. The maximum atomic E-state index is 11.7. The van der Waals surface area contributed by atoms with Gasteiger partial charge in [0.25, 0.3) is 5.65 Å². The van der Waals surface area contributed by atoms with E-state index in [1.54, 1.807) is 10.8 Å². The zero-order valence-corrected chi connectivity index (χ0v) is 21.9. The second kappa shape index (κ2) is 9.43. The monoisotopic (exact) mass is 545 g/mol. The molecule has 1 aromatic carbocycles. The zero-order chi connectivity index (χ0) is 25.6. The number of aryl methyl sites for hydroxylation is 2. The molecular weight excluding hydrogens is 522 g/mol. The first-order valence-electron chi connectivity index (χ1n) is 11.1. The normalized spacial score (nSPS) is 14.8. The molecule has 0 unspecified atom stereocenters. The van der Waals surface area contributed by atoms with Crippen LogP contribution >= 0.6 is 23.1 Å². The van der Waals surface area contributed by atoms with E-state index in [9.17, 15) is 22.9 Å². The Hall–Kier alpha value is -3.06. The van der Waals surface area contributed by atoms with Crippen LogP contribution in [0.4, 0.5) is 5.69 Å². The number of fused-ring (bicyclic) bond motifs is 2. The minimum absolute atomic E-state index is 0.160. The van der Waals surface area contributed by atoms with E-state index < -0.39 is 21.8 Å². The average Bonchev–Trinajstić information content (AvgIpc) is 3.56. The Balaban J connectivity index is 1.58. The standard InChI is InChI=1S/C24H23N3O6S3/c1-14-15(2)25-24-23(14)35-21(27(24)13-22(28)29)12-20-26(8-4-10-36(30,31)32)17-11-16(6-7-19(17)34-20)18-5-3-9-33-18/h3,5-7,9,11-12,25H,4,8,10,13H2,1-2H3,(H-,28,29,30,31,32). The molecule has 3 aromatic heterocycles. The van der Waals surface area contributed by atoms with E-state index in [-0.39, 0.29) is 13.0 Å². The topological polar surface area (TPSA) is 131 Å². The Bertz CT molecular complexity index is 1600. The molecule has 12 heteroatoms. The van der Waals surface area contributed by atoms with Crippen LogP contribution in [0.2, 0.25) is 0 Å². The van der Waals surface area contributed by atoms with E-state index >= 15 is 0 Å². The fourth-order valence-corrected chi connectivity index (χ4v) is 7.07. The number of aliphatic carboxylic acids is 1. The molecule has 0 spiro atoms. The maximum absolute atomic E-state index is 11.7. The lowest BCUT2D eigenvalue weighted by atomic mass is 10.1. The number of rotatable bonds is 8. The van der Waals surface area contributed by atoms with Gasteiger partial charge in [0.05, 0.1) is 27.1 Å². The van der Waals surface area contributed by atoms with Crippen molar-refractivity contribution in [3.8, 4) is 11.3 Å². The number of furan rings is 1. The largest absolute Gasteiger partial charge is 0.748 e. The Morgan fingerprint density at radius 1 is 1.31 bits per heavy atom. The summed E-state index contributed by atoms with van der Waals surface area (Å²) in [7, 11) is -4.34. The summed E-state index contributed by atoms with van der Waals surface area (Å²) in [5.74, 6) is -0.707. The summed E-state index contributed by atoms with van der Waals surface area (Å²) in [5.41, 5.74) is 4.57. The van der Waals surface area contributed by atoms with Crippen molar-refractivity contribution in [2.24, 2.45) is 0 Å². The molecule has 5 rings (SSSR count). The van der Waals surface area contributed by atoms with Gasteiger partial charge >= 0.3 is 5.97 Å². The lowest BCUT2D eigenvalue weighted by molar-refractivity contribution is -0.659. The molecule has 0 atom stereocenters. The zero-order valence-electron chi connectivity index (χ0n) is 19.5. The molecule has 2 N–H and O–H groups in total. The molecule has 1 aliphatic heterocycles. The number of carboxylic acid groups (broad SMARTS) is 1. The number of aromatic nitrogens is 2. The molecule has 0 saturated carbocycles. The van der Waals surface area contributed by atoms with Gasteiger partial charge in [-0.25, -0.2) is 22.8 Å². The van der Waals surface area contributed by atoms with Gasteiger partial charge < -0.3 is 19.0 Å². The first-order valence-corrected chi connectivity index (χ1v) is 14.3. The van der Waals surface area contributed by atoms with E-state index in [4.69, 9.17) is 4.42 Å². The number of thioether (sulfide) groups is 1. The van der Waals surface area contributed by atoms with Gasteiger partial charge in [-0.15, -0.1) is 0 Å². The average molecular weight is 546 g/mol. The van der Waals surface area contributed by atoms with Crippen molar-refractivity contribution in [1.29, 1.82) is 0 Å². The van der Waals surface area contributed by atoms with Crippen LogP contribution in [0.1, 0.15) is 22.7 Å². The van der Waals surface area contributed by atoms with Crippen LogP contribution in [0.25, 0.3) is 27.7 Å². The third-order valence-electron chi connectivity index (χ3n) is 6.02. The van der Waals surface area contributed by atoms with Crippen LogP contribution in [0.15, 0.2) is 50.9 Å². The molecule has 36 heavy (non-hydrogen) atoms. The quantitative estimate of drug-likeness (QED) is 0.247. The minimum Gasteiger partial charge on any atom is -0.748 e. The molecule has 1 aliphatic rings. The summed E-state index contributed by atoms with van der Waals surface area (Å²) < 4.78 is 42.0. The van der Waals surface area contributed by atoms with Gasteiger partial charge in [-0.2, -0.15) is 0 Å². The van der Waals surface area contributed by atoms with Crippen LogP contribution in [-0.4, -0.2) is 41.3 Å². The predicted octanol–water partition coefficient (Wildman–Crippen LogP) is 4.32. The molecule has 4 aromatic rings. The van der Waals surface area contributed by atoms with Crippen molar-refractivity contribution in [3.05, 3.63) is 57.9 Å². The molecule has 9 nitrogen and oxygen atoms in total. The van der Waals surface area contributed by atoms with Crippen molar-refractivity contribution < 1.29 is 31.9 Å². The second-order valence-corrected chi connectivity index (χ2v) is 12.1. The summed E-state index contributed by atoms with van der Waals surface area (Å²) in [6.45, 7) is 4.07. The number of hydrogen-bond acceptors (Lipinski definition) is 8. The van der Waals surface area contributed by atoms with Crippen LogP contribution in [0, 0.1) is 13.8 Å². The number of hydrogen-bond donors (Lipinski definition) is 2. The Morgan fingerprint density at radius 2 is 2.11 bits per heavy atom. The smallest absolute Gasteiger partial charge is 0.346 e. The van der Waals surface area contributed by atoms with E-state index in [0.29, 0.717) is 12.3 Å². The van der Waals surface area contributed by atoms with Crippen molar-refractivity contribution in [3.63, 3.8) is 0 Å². The highest BCUT2D eigenvalue weighted by atomic mass is 32.2. The number of thiazole rings is 1. The highest BCUT2D eigenvalue weighted by Gasteiger charge is 2.29. The fraction of sp³-hybridized carbons (Fsp3) is 0.250. The number of aromatic amines is 1. The van der Waals surface area contributed by atoms with Crippen molar-refractivity contribution in [2.75, 3.05) is 17.2 Å². The van der Waals surface area contributed by atoms with Gasteiger partial charge in [0.1, 0.15) is 16.2 Å². The van der Waals surface area contributed by atoms with Crippen LogP contribution < -0.4 is 9.47 Å². The molecule has 0 amide bonds. The predicted molar refractivity (Wildman–Crippen MR) is 138 cm³/mol. The lowest BCUT2D eigenvalue weighted by Crippen LogP contribution is -2.39. The third-order valence-corrected chi connectivity index (χ3v) is 9.17. The van der Waals surface area contributed by atoms with Gasteiger partial charge in [0.2, 0.25) is 0 Å². The number of anilines is 1. The Labute approximate surface area is 215 Å². The van der Waals surface area contributed by atoms with E-state index in [2.05, 4.69) is 4.98 Å². The van der Waals surface area contributed by atoms with E-state index in [0.717, 1.165) is 47.8 Å². The third kappa shape index (κ3) is 4.81. The summed E-state index contributed by atoms with van der Waals surface area (Å²) >= 11 is 3.02. The molecule has 0 aliphatic carbocycles. The highest BCUT2D eigenvalue weighted by Crippen LogP contribution is 2.48. The molecule has 4 heterocycles. The molecule has 0 bridgehead atoms. The first-order chi connectivity index (χ1) is 17.1. The van der Waals surface area contributed by atoms with Crippen LogP contribution in [0.3, 0.4) is 0 Å². The Morgan fingerprint density at radius 3 is 2.81 bits per heavy atom. The second-order valence-electron chi connectivity index (χ2n) is 8.48. The van der Waals surface area contributed by atoms with E-state index in [1.807, 2.05) is 55.2 Å². The SMILES string of the molecule is Cc1[nH]c2c(sc(C=C3Sc4ccc(-c5ccco5)cc4N3CCCS(=O)(=O)[O-])[n+]2CC(=O)O)c1C. The summed E-state index contributed by atoms with van der Waals surface area (Å²) in [4.78, 5) is 17.9. The number of carbonyl (C=O) groups is 1. The van der Waals surface area contributed by atoms with Gasteiger partial charge in [-0.05, 0) is 50.6 Å². The molecular formula is C24H23N3O6S3. The Kier molecular flexibility index (Phi) is 6.45. The summed E-state index contributed by atoms with van der Waals surface area (Å²) in [6.07, 6.45) is 3.69. The molecule has 188 valence electrons. The van der Waals surface area contributed by atoms with Gasteiger partial charge in [-0.3, -0.25) is 0 Å². The van der Waals surface area contributed by atoms with Crippen LogP contribution in [0.5, 0.6) is 0 Å². The minimum atomic E-state index is -4.34. The van der Waals surface area contributed by atoms with Gasteiger partial charge in [0, 0.05) is 34.4 Å². The first kappa shape index (κ1) is 24.6. The maximum Gasteiger partial charge on any atom is 0.346 e. The number of nitrogens with zero attached hydrogens (tertiary/aromatic N) is 2. The van der Waals surface area contributed by atoms with E-state index in [1.165, 1.54) is 23.1 Å². The van der Waals surface area contributed by atoms with Crippen molar-refractivity contribution in [1.82, 2.24) is 4.98 Å². The molecule has 0 radical (unpaired) electrons. The number of nitrogens with one attached hydrogen (secondary N) is 1. The lowest BCUT2D eigenvalue weighted by Gasteiger charge is -2.21. The van der Waals surface area contributed by atoms with Crippen molar-refractivity contribution in [2.45, 2.75) is 31.7 Å². The molecule has 0 saturated heterocycles. The number of H-pyrrole nitrogens is 1. The number of carboxylic acids is 1. The number of benzene rings is 1. The summed E-state index contributed by atoms with van der Waals surface area (Å²) in [5, 5.41) is 11.1. The highest BCUT2D eigenvalue weighted by molar-refractivity contribution is 8.03. The van der Waals surface area contributed by atoms with Crippen LogP contribution in [-0.2, 0) is 21.5 Å². The van der Waals surface area contributed by atoms with Gasteiger partial charge in [-0.1, -0.05) is 23.1 Å². The van der Waals surface area contributed by atoms with Crippen molar-refractivity contribution >= 4 is 61.3 Å². The summed E-state index contributed by atoms with van der Waals surface area (Å²) in [6, 6.07) is 9.59. The fourth-order valence-electron chi connectivity index (χ4n) is 4.20.